The third-order valence-corrected chi connectivity index (χ3v) is 4.57. The molecule has 0 radical (unpaired) electrons. The van der Waals surface area contributed by atoms with E-state index in [4.69, 9.17) is 9.47 Å². The predicted molar refractivity (Wildman–Crippen MR) is 120 cm³/mol. The first-order chi connectivity index (χ1) is 14.8. The second-order valence-electron chi connectivity index (χ2n) is 8.64. The van der Waals surface area contributed by atoms with Gasteiger partial charge in [-0.15, -0.1) is 0 Å². The Hall–Kier alpha value is -2.72. The molecule has 2 amide bonds. The predicted octanol–water partition coefficient (Wildman–Crippen LogP) is 3.43. The van der Waals surface area contributed by atoms with E-state index in [1.165, 1.54) is 37.9 Å². The number of nitrogens with zero attached hydrogens (tertiary/aromatic N) is 1. The van der Waals surface area contributed by atoms with Crippen LogP contribution in [-0.2, 0) is 16.1 Å². The van der Waals surface area contributed by atoms with Gasteiger partial charge in [-0.05, 0) is 70.8 Å². The van der Waals surface area contributed by atoms with Gasteiger partial charge in [0.15, 0.2) is 0 Å². The average Bonchev–Trinajstić information content (AvgIpc) is 2.71. The first kappa shape index (κ1) is 24.5. The number of likely N-dealkylation sites (tertiary alicyclic amines) is 1. The van der Waals surface area contributed by atoms with Crippen molar-refractivity contribution in [2.24, 2.45) is 0 Å². The van der Waals surface area contributed by atoms with E-state index in [0.717, 1.165) is 12.3 Å². The summed E-state index contributed by atoms with van der Waals surface area (Å²) >= 11 is 0. The normalized spacial score (nSPS) is 14.2. The maximum absolute atomic E-state index is 11.8. The summed E-state index contributed by atoms with van der Waals surface area (Å²) in [6.45, 7) is 9.65. The van der Waals surface area contributed by atoms with Crippen LogP contribution in [-0.4, -0.2) is 48.7 Å². The summed E-state index contributed by atoms with van der Waals surface area (Å²) in [5.41, 5.74) is 0.686. The summed E-state index contributed by atoms with van der Waals surface area (Å²) in [7, 11) is 0. The third kappa shape index (κ3) is 11.3. The summed E-state index contributed by atoms with van der Waals surface area (Å²) < 4.78 is 10.9. The second-order valence-corrected chi connectivity index (χ2v) is 8.64. The highest BCUT2D eigenvalue weighted by atomic mass is 16.6. The molecule has 0 atom stereocenters. The number of benzene rings is 1. The van der Waals surface area contributed by atoms with E-state index >= 15 is 0 Å². The Bertz CT molecular complexity index is 771. The van der Waals surface area contributed by atoms with Crippen molar-refractivity contribution < 1.29 is 19.1 Å². The van der Waals surface area contributed by atoms with Gasteiger partial charge in [-0.3, -0.25) is 9.69 Å². The smallest absolute Gasteiger partial charge is 0.419 e. The van der Waals surface area contributed by atoms with Crippen molar-refractivity contribution in [1.82, 2.24) is 15.5 Å². The van der Waals surface area contributed by atoms with E-state index in [1.807, 2.05) is 12.1 Å². The molecule has 1 aromatic rings. The molecule has 170 valence electrons. The lowest BCUT2D eigenvalue weighted by Crippen LogP contribution is -2.30. The maximum Gasteiger partial charge on any atom is 0.419 e. The monoisotopic (exact) mass is 429 g/mol. The van der Waals surface area contributed by atoms with E-state index in [0.29, 0.717) is 19.6 Å². The molecule has 0 bridgehead atoms. The van der Waals surface area contributed by atoms with Gasteiger partial charge in [0.2, 0.25) is 5.91 Å². The van der Waals surface area contributed by atoms with Gasteiger partial charge in [-0.25, -0.2) is 10.1 Å². The van der Waals surface area contributed by atoms with Gasteiger partial charge in [0.1, 0.15) is 11.4 Å². The number of piperidine rings is 1. The quantitative estimate of drug-likeness (QED) is 0.376. The van der Waals surface area contributed by atoms with Gasteiger partial charge in [-0.2, -0.15) is 0 Å². The van der Waals surface area contributed by atoms with Crippen molar-refractivity contribution in [1.29, 1.82) is 0 Å². The molecule has 1 fully saturated rings. The zero-order valence-corrected chi connectivity index (χ0v) is 19.0. The average molecular weight is 430 g/mol. The minimum atomic E-state index is -0.627. The first-order valence-electron chi connectivity index (χ1n) is 11.0. The second kappa shape index (κ2) is 12.9. The minimum Gasteiger partial charge on any atom is -0.494 e. The molecule has 1 saturated heterocycles. The summed E-state index contributed by atoms with van der Waals surface area (Å²) in [6, 6.07) is 10.7. The summed E-state index contributed by atoms with van der Waals surface area (Å²) in [6.07, 6.45) is 3.99. The molecule has 1 aliphatic heterocycles. The number of carbonyl (C=O) groups is 2. The van der Waals surface area contributed by atoms with Crippen LogP contribution in [0.15, 0.2) is 24.3 Å². The molecule has 2 N–H and O–H groups in total. The number of carbonyl (C=O) groups excluding carboxylic acids is 2. The van der Waals surface area contributed by atoms with E-state index in [1.54, 1.807) is 20.8 Å². The minimum absolute atomic E-state index is 0.00913. The lowest BCUT2D eigenvalue weighted by Gasteiger charge is -2.26. The summed E-state index contributed by atoms with van der Waals surface area (Å²) in [4.78, 5) is 25.7. The van der Waals surface area contributed by atoms with Crippen molar-refractivity contribution in [3.05, 3.63) is 29.8 Å². The molecule has 1 aliphatic rings. The van der Waals surface area contributed by atoms with Crippen LogP contribution in [0.25, 0.3) is 0 Å². The zero-order valence-electron chi connectivity index (χ0n) is 19.0. The number of hydrogen-bond acceptors (Lipinski definition) is 5. The highest BCUT2D eigenvalue weighted by Crippen LogP contribution is 2.17. The van der Waals surface area contributed by atoms with Crippen LogP contribution < -0.4 is 15.4 Å². The molecule has 1 aromatic carbocycles. The Morgan fingerprint density at radius 3 is 2.68 bits per heavy atom. The number of nitrogens with one attached hydrogen (secondary N) is 2. The third-order valence-electron chi connectivity index (χ3n) is 4.57. The Morgan fingerprint density at radius 2 is 1.94 bits per heavy atom. The SMILES string of the molecule is CC(C)(C)OC(=O)NC#CCC(=O)NCCCOc1cccc(CN2CCCCC2)c1. The van der Waals surface area contributed by atoms with E-state index in [9.17, 15) is 9.59 Å². The Balaban J connectivity index is 1.57. The van der Waals surface area contributed by atoms with Crippen LogP contribution in [0.5, 0.6) is 5.75 Å². The number of alkyl carbamates (subject to hydrolysis) is 1. The van der Waals surface area contributed by atoms with Crippen LogP contribution in [0.3, 0.4) is 0 Å². The van der Waals surface area contributed by atoms with Crippen LogP contribution in [0.2, 0.25) is 0 Å². The van der Waals surface area contributed by atoms with E-state index < -0.39 is 11.7 Å². The first-order valence-corrected chi connectivity index (χ1v) is 11.0. The molecule has 0 aliphatic carbocycles. The number of ether oxygens (including phenoxy) is 2. The van der Waals surface area contributed by atoms with Crippen molar-refractivity contribution in [3.63, 3.8) is 0 Å². The summed E-state index contributed by atoms with van der Waals surface area (Å²) in [5, 5.41) is 5.08. The van der Waals surface area contributed by atoms with Crippen molar-refractivity contribution in [3.8, 4) is 17.7 Å². The van der Waals surface area contributed by atoms with Gasteiger partial charge >= 0.3 is 6.09 Å². The highest BCUT2D eigenvalue weighted by Gasteiger charge is 2.15. The maximum atomic E-state index is 11.8. The van der Waals surface area contributed by atoms with Gasteiger partial charge in [0, 0.05) is 19.1 Å². The van der Waals surface area contributed by atoms with Crippen molar-refractivity contribution in [2.75, 3.05) is 26.2 Å². The van der Waals surface area contributed by atoms with Crippen LogP contribution >= 0.6 is 0 Å². The topological polar surface area (TPSA) is 79.9 Å². The molecule has 0 spiro atoms. The number of rotatable bonds is 8. The Labute approximate surface area is 185 Å². The van der Waals surface area contributed by atoms with Crippen molar-refractivity contribution in [2.45, 2.75) is 65.0 Å². The molecule has 7 heteroatoms. The van der Waals surface area contributed by atoms with E-state index in [2.05, 4.69) is 39.6 Å². The molecule has 0 unspecified atom stereocenters. The lowest BCUT2D eigenvalue weighted by atomic mass is 10.1. The molecular formula is C24H35N3O4. The van der Waals surface area contributed by atoms with Gasteiger partial charge in [-0.1, -0.05) is 24.5 Å². The summed E-state index contributed by atoms with van der Waals surface area (Å²) in [5.74, 6) is 3.27. The zero-order chi connectivity index (χ0) is 22.5. The molecule has 0 saturated carbocycles. The molecular weight excluding hydrogens is 394 g/mol. The molecule has 7 nitrogen and oxygen atoms in total. The fraction of sp³-hybridized carbons (Fsp3) is 0.583. The van der Waals surface area contributed by atoms with E-state index in [-0.39, 0.29) is 12.3 Å². The lowest BCUT2D eigenvalue weighted by molar-refractivity contribution is -0.120. The van der Waals surface area contributed by atoms with Gasteiger partial charge in [0.25, 0.3) is 0 Å². The number of amides is 2. The van der Waals surface area contributed by atoms with Crippen LogP contribution in [0, 0.1) is 12.0 Å². The fourth-order valence-corrected chi connectivity index (χ4v) is 3.19. The Kier molecular flexibility index (Phi) is 10.2. The van der Waals surface area contributed by atoms with Crippen LogP contribution in [0.1, 0.15) is 58.4 Å². The van der Waals surface area contributed by atoms with Gasteiger partial charge in [0.05, 0.1) is 13.0 Å². The molecule has 1 heterocycles. The highest BCUT2D eigenvalue weighted by molar-refractivity contribution is 5.78. The Morgan fingerprint density at radius 1 is 1.16 bits per heavy atom. The largest absolute Gasteiger partial charge is 0.494 e. The fourth-order valence-electron chi connectivity index (χ4n) is 3.19. The molecule has 31 heavy (non-hydrogen) atoms. The van der Waals surface area contributed by atoms with Crippen molar-refractivity contribution >= 4 is 12.0 Å². The number of hydrogen-bond donors (Lipinski definition) is 2. The standard InChI is InChI=1S/C24H35N3O4/c1-24(2,3)31-23(29)26-13-8-12-22(28)25-14-9-17-30-21-11-7-10-20(18-21)19-27-15-5-4-6-16-27/h7,10-11,18H,4-6,9,12,14-17,19H2,1-3H3,(H,25,28)(H,26,29). The van der Waals surface area contributed by atoms with Crippen LogP contribution in [0.4, 0.5) is 4.79 Å². The molecule has 2 rings (SSSR count). The molecule has 0 aromatic heterocycles. The van der Waals surface area contributed by atoms with Gasteiger partial charge < -0.3 is 14.8 Å².